The number of nitrogens with one attached hydrogen (secondary N) is 1. The summed E-state index contributed by atoms with van der Waals surface area (Å²) in [5.74, 6) is 0. The van der Waals surface area contributed by atoms with E-state index in [4.69, 9.17) is 14.2 Å². The molecule has 2 atom stereocenters. The van der Waals surface area contributed by atoms with Crippen LogP contribution < -0.4 is 5.32 Å². The fourth-order valence-corrected chi connectivity index (χ4v) is 2.88. The standard InChI is InChI=1S/C18H27BrN2O4/c1-18(2,3)25-17(22)21-14(13-7-6-8-15(19)20-13)10-12-24-16-9-4-5-11-23-16/h6-8,14,16H,4-5,9-12H2,1-3H3,(H,21,22)/t14-,16?/m0/s1. The van der Waals surface area contributed by atoms with Crippen LogP contribution in [0.25, 0.3) is 0 Å². The Kier molecular flexibility index (Phi) is 7.65. The number of carbonyl (C=O) groups excluding carboxylic acids is 1. The number of hydrogen-bond acceptors (Lipinski definition) is 5. The van der Waals surface area contributed by atoms with E-state index in [2.05, 4.69) is 26.2 Å². The number of amides is 1. The number of pyridine rings is 1. The van der Waals surface area contributed by atoms with E-state index in [0.717, 1.165) is 36.2 Å². The van der Waals surface area contributed by atoms with Gasteiger partial charge in [0.2, 0.25) is 0 Å². The van der Waals surface area contributed by atoms with Crippen molar-refractivity contribution in [2.75, 3.05) is 13.2 Å². The number of hydrogen-bond donors (Lipinski definition) is 1. The van der Waals surface area contributed by atoms with Gasteiger partial charge in [0, 0.05) is 6.61 Å². The molecule has 0 radical (unpaired) electrons. The first-order chi connectivity index (χ1) is 11.8. The molecule has 1 aliphatic heterocycles. The summed E-state index contributed by atoms with van der Waals surface area (Å²) in [6, 6.07) is 5.32. The third-order valence-corrected chi connectivity index (χ3v) is 4.07. The summed E-state index contributed by atoms with van der Waals surface area (Å²) in [6.07, 6.45) is 3.10. The van der Waals surface area contributed by atoms with Crippen LogP contribution in [-0.2, 0) is 14.2 Å². The molecule has 25 heavy (non-hydrogen) atoms. The van der Waals surface area contributed by atoms with Crippen molar-refractivity contribution < 1.29 is 19.0 Å². The van der Waals surface area contributed by atoms with Gasteiger partial charge in [-0.3, -0.25) is 0 Å². The summed E-state index contributed by atoms with van der Waals surface area (Å²) in [4.78, 5) is 16.6. The van der Waals surface area contributed by atoms with E-state index in [1.54, 1.807) is 0 Å². The first kappa shape index (κ1) is 20.1. The van der Waals surface area contributed by atoms with Crippen LogP contribution in [0.4, 0.5) is 4.79 Å². The van der Waals surface area contributed by atoms with Gasteiger partial charge in [0.25, 0.3) is 0 Å². The first-order valence-corrected chi connectivity index (χ1v) is 9.48. The molecule has 1 fully saturated rings. The van der Waals surface area contributed by atoms with Crippen molar-refractivity contribution in [3.05, 3.63) is 28.5 Å². The lowest BCUT2D eigenvalue weighted by molar-refractivity contribution is -0.163. The Hall–Kier alpha value is -1.18. The molecule has 7 heteroatoms. The van der Waals surface area contributed by atoms with Crippen LogP contribution in [0, 0.1) is 0 Å². The molecule has 0 bridgehead atoms. The SMILES string of the molecule is CC(C)(C)OC(=O)N[C@@H](CCOC1CCCCO1)c1cccc(Br)n1. The van der Waals surface area contributed by atoms with Crippen LogP contribution in [0.15, 0.2) is 22.8 Å². The lowest BCUT2D eigenvalue weighted by atomic mass is 10.1. The maximum atomic E-state index is 12.2. The second-order valence-corrected chi connectivity index (χ2v) is 7.85. The minimum Gasteiger partial charge on any atom is -0.444 e. The Morgan fingerprint density at radius 3 is 2.88 bits per heavy atom. The highest BCUT2D eigenvalue weighted by Gasteiger charge is 2.22. The molecule has 1 aromatic rings. The minimum atomic E-state index is -0.550. The lowest BCUT2D eigenvalue weighted by Crippen LogP contribution is -2.36. The second kappa shape index (κ2) is 9.50. The number of alkyl carbamates (subject to hydrolysis) is 1. The van der Waals surface area contributed by atoms with Gasteiger partial charge in [-0.2, -0.15) is 0 Å². The molecule has 2 heterocycles. The molecule has 1 unspecified atom stereocenters. The van der Waals surface area contributed by atoms with Crippen molar-refractivity contribution in [2.24, 2.45) is 0 Å². The molecule has 1 amide bonds. The molecule has 1 saturated heterocycles. The van der Waals surface area contributed by atoms with E-state index in [1.807, 2.05) is 39.0 Å². The van der Waals surface area contributed by atoms with Crippen LogP contribution >= 0.6 is 15.9 Å². The molecular weight excluding hydrogens is 388 g/mol. The third kappa shape index (κ3) is 7.71. The van der Waals surface area contributed by atoms with Gasteiger partial charge in [-0.15, -0.1) is 0 Å². The van der Waals surface area contributed by atoms with Gasteiger partial charge in [0.1, 0.15) is 10.2 Å². The Labute approximate surface area is 157 Å². The summed E-state index contributed by atoms with van der Waals surface area (Å²) in [5.41, 5.74) is 0.208. The maximum Gasteiger partial charge on any atom is 0.408 e. The van der Waals surface area contributed by atoms with Gasteiger partial charge < -0.3 is 19.5 Å². The topological polar surface area (TPSA) is 69.7 Å². The molecule has 2 rings (SSSR count). The minimum absolute atomic E-state index is 0.147. The zero-order valence-corrected chi connectivity index (χ0v) is 16.7. The van der Waals surface area contributed by atoms with Crippen LogP contribution in [0.1, 0.15) is 58.2 Å². The molecule has 0 aromatic carbocycles. The van der Waals surface area contributed by atoms with Crippen LogP contribution in [0.5, 0.6) is 0 Å². The van der Waals surface area contributed by atoms with Gasteiger partial charge in [-0.1, -0.05) is 6.07 Å². The molecule has 1 aromatic heterocycles. The van der Waals surface area contributed by atoms with Crippen molar-refractivity contribution >= 4 is 22.0 Å². The smallest absolute Gasteiger partial charge is 0.408 e. The van der Waals surface area contributed by atoms with E-state index in [9.17, 15) is 4.79 Å². The van der Waals surface area contributed by atoms with Crippen molar-refractivity contribution in [1.82, 2.24) is 10.3 Å². The molecule has 6 nitrogen and oxygen atoms in total. The Morgan fingerprint density at radius 2 is 2.24 bits per heavy atom. The molecule has 0 saturated carbocycles. The number of aromatic nitrogens is 1. The van der Waals surface area contributed by atoms with Crippen molar-refractivity contribution in [3.63, 3.8) is 0 Å². The number of nitrogens with zero attached hydrogens (tertiary/aromatic N) is 1. The normalized spacial score (nSPS) is 19.3. The molecular formula is C18H27BrN2O4. The average molecular weight is 415 g/mol. The van der Waals surface area contributed by atoms with Crippen LogP contribution in [-0.4, -0.2) is 36.2 Å². The Bertz CT molecular complexity index is 556. The fourth-order valence-electron chi connectivity index (χ4n) is 2.52. The lowest BCUT2D eigenvalue weighted by Gasteiger charge is -2.25. The zero-order valence-electron chi connectivity index (χ0n) is 15.1. The maximum absolute atomic E-state index is 12.2. The van der Waals surface area contributed by atoms with Gasteiger partial charge in [-0.05, 0) is 74.5 Å². The van der Waals surface area contributed by atoms with E-state index in [0.29, 0.717) is 13.0 Å². The molecule has 0 aliphatic carbocycles. The summed E-state index contributed by atoms with van der Waals surface area (Å²) in [7, 11) is 0. The van der Waals surface area contributed by atoms with Crippen molar-refractivity contribution in [2.45, 2.75) is 64.4 Å². The largest absolute Gasteiger partial charge is 0.444 e. The predicted molar refractivity (Wildman–Crippen MR) is 98.2 cm³/mol. The number of ether oxygens (including phenoxy) is 3. The fraction of sp³-hybridized carbons (Fsp3) is 0.667. The monoisotopic (exact) mass is 414 g/mol. The summed E-state index contributed by atoms with van der Waals surface area (Å²) in [5, 5.41) is 2.89. The van der Waals surface area contributed by atoms with Crippen molar-refractivity contribution in [1.29, 1.82) is 0 Å². The Balaban J connectivity index is 1.95. The summed E-state index contributed by atoms with van der Waals surface area (Å²) >= 11 is 3.37. The van der Waals surface area contributed by atoms with Gasteiger partial charge in [0.15, 0.2) is 6.29 Å². The molecule has 1 N–H and O–H groups in total. The van der Waals surface area contributed by atoms with Gasteiger partial charge in [-0.25, -0.2) is 9.78 Å². The van der Waals surface area contributed by atoms with Crippen molar-refractivity contribution in [3.8, 4) is 0 Å². The predicted octanol–water partition coefficient (Wildman–Crippen LogP) is 4.34. The first-order valence-electron chi connectivity index (χ1n) is 8.69. The van der Waals surface area contributed by atoms with E-state index >= 15 is 0 Å². The molecule has 1 aliphatic rings. The number of carbonyl (C=O) groups is 1. The van der Waals surface area contributed by atoms with Gasteiger partial charge in [0.05, 0.1) is 18.3 Å². The van der Waals surface area contributed by atoms with Gasteiger partial charge >= 0.3 is 6.09 Å². The quantitative estimate of drug-likeness (QED) is 0.700. The number of halogens is 1. The highest BCUT2D eigenvalue weighted by Crippen LogP contribution is 2.20. The van der Waals surface area contributed by atoms with E-state index in [1.165, 1.54) is 0 Å². The van der Waals surface area contributed by atoms with Crippen LogP contribution in [0.2, 0.25) is 0 Å². The van der Waals surface area contributed by atoms with E-state index < -0.39 is 11.7 Å². The van der Waals surface area contributed by atoms with Crippen LogP contribution in [0.3, 0.4) is 0 Å². The molecule has 0 spiro atoms. The molecule has 140 valence electrons. The highest BCUT2D eigenvalue weighted by atomic mass is 79.9. The summed E-state index contributed by atoms with van der Waals surface area (Å²) < 4.78 is 17.4. The second-order valence-electron chi connectivity index (χ2n) is 7.04. The number of rotatable bonds is 6. The summed E-state index contributed by atoms with van der Waals surface area (Å²) in [6.45, 7) is 6.73. The zero-order chi connectivity index (χ0) is 18.3. The van der Waals surface area contributed by atoms with E-state index in [-0.39, 0.29) is 12.3 Å². The average Bonchev–Trinajstić information content (AvgIpc) is 2.53. The highest BCUT2D eigenvalue weighted by molar-refractivity contribution is 9.10. The third-order valence-electron chi connectivity index (χ3n) is 3.63. The Morgan fingerprint density at radius 1 is 1.44 bits per heavy atom.